The minimum atomic E-state index is 0.876. The maximum Gasteiger partial charge on any atom is 0.135 e. The zero-order chi connectivity index (χ0) is 32.2. The summed E-state index contributed by atoms with van der Waals surface area (Å²) in [6.07, 6.45) is 8.73. The first-order valence-electron chi connectivity index (χ1n) is 16.9. The van der Waals surface area contributed by atoms with Gasteiger partial charge in [-0.25, -0.2) is 0 Å². The fourth-order valence-corrected chi connectivity index (χ4v) is 8.66. The van der Waals surface area contributed by atoms with E-state index in [1.54, 1.807) is 0 Å². The highest BCUT2D eigenvalue weighted by Gasteiger charge is 2.15. The van der Waals surface area contributed by atoms with Gasteiger partial charge in [0.1, 0.15) is 22.3 Å². The van der Waals surface area contributed by atoms with Crippen molar-refractivity contribution in [3.8, 4) is 0 Å². The van der Waals surface area contributed by atoms with E-state index >= 15 is 0 Å². The minimum Gasteiger partial charge on any atom is -0.456 e. The molecular weight excluding hydrogens is 617 g/mol. The number of hydrogen-bond acceptors (Lipinski definition) is 2. The Bertz CT molecular complexity index is 3190. The highest BCUT2D eigenvalue weighted by Crippen LogP contribution is 2.36. The Hall–Kier alpha value is -6.92. The average molecular weight is 641 g/mol. The zero-order valence-corrected chi connectivity index (χ0v) is 26.5. The van der Waals surface area contributed by atoms with Gasteiger partial charge in [0.15, 0.2) is 0 Å². The predicted molar refractivity (Wildman–Crippen MR) is 204 cm³/mol. The van der Waals surface area contributed by atoms with Gasteiger partial charge in [-0.05, 0) is 97.1 Å². The summed E-state index contributed by atoms with van der Waals surface area (Å²) >= 11 is 0. The van der Waals surface area contributed by atoms with Crippen molar-refractivity contribution in [3.05, 3.63) is 146 Å². The van der Waals surface area contributed by atoms with Crippen molar-refractivity contribution >= 4 is 110 Å². The number of aromatic nitrogens is 4. The largest absolute Gasteiger partial charge is 0.456 e. The maximum atomic E-state index is 6.42. The van der Waals surface area contributed by atoms with E-state index in [9.17, 15) is 0 Å². The SMILES string of the molecule is c1cc2ccn3c4ccc5oc6ccc(cc6c5c4)n4ccc5ccc6ccn(c7ccc8oc9ccc(cc9c8c7)n7ccc1c7c23)c6c54. The van der Waals surface area contributed by atoms with Crippen LogP contribution >= 0.6 is 0 Å². The molecule has 0 atom stereocenters. The molecule has 6 heteroatoms. The number of rotatable bonds is 0. The van der Waals surface area contributed by atoms with Crippen LogP contribution in [-0.4, -0.2) is 17.6 Å². The third-order valence-electron chi connectivity index (χ3n) is 11.0. The van der Waals surface area contributed by atoms with Gasteiger partial charge in [0.05, 0.1) is 22.1 Å². The molecule has 7 heterocycles. The van der Waals surface area contributed by atoms with E-state index in [1.165, 1.54) is 21.5 Å². The third-order valence-corrected chi connectivity index (χ3v) is 11.0. The van der Waals surface area contributed by atoms with E-state index < -0.39 is 0 Å². The van der Waals surface area contributed by atoms with Gasteiger partial charge < -0.3 is 26.4 Å². The van der Waals surface area contributed by atoms with Crippen LogP contribution in [0.4, 0.5) is 0 Å². The van der Waals surface area contributed by atoms with Crippen LogP contribution in [0, 0.1) is 0 Å². The Morgan fingerprint density at radius 1 is 0.280 bits per heavy atom. The molecule has 0 fully saturated rings. The first-order valence-corrected chi connectivity index (χ1v) is 16.9. The number of hydrogen-bond donors (Lipinski definition) is 0. The van der Waals surface area contributed by atoms with Gasteiger partial charge in [-0.15, -0.1) is 0 Å². The van der Waals surface area contributed by atoms with E-state index in [0.29, 0.717) is 0 Å². The van der Waals surface area contributed by atoms with Crippen LogP contribution in [0.1, 0.15) is 0 Å². The number of benzene rings is 6. The van der Waals surface area contributed by atoms with Gasteiger partial charge in [-0.1, -0.05) is 24.3 Å². The zero-order valence-electron chi connectivity index (χ0n) is 26.5. The Kier molecular flexibility index (Phi) is 4.30. The molecule has 50 heavy (non-hydrogen) atoms. The lowest BCUT2D eigenvalue weighted by Crippen LogP contribution is -1.89. The van der Waals surface area contributed by atoms with Gasteiger partial charge in [-0.2, -0.15) is 0 Å². The molecule has 6 aromatic carbocycles. The van der Waals surface area contributed by atoms with Crippen LogP contribution in [0.5, 0.6) is 0 Å². The van der Waals surface area contributed by atoms with Crippen LogP contribution in [0.2, 0.25) is 0 Å². The van der Waals surface area contributed by atoms with Gasteiger partial charge in [0.25, 0.3) is 0 Å². The second kappa shape index (κ2) is 8.56. The molecule has 7 aromatic heterocycles. The van der Waals surface area contributed by atoms with Crippen molar-refractivity contribution in [1.82, 2.24) is 17.6 Å². The molecule has 0 saturated heterocycles. The second-order valence-corrected chi connectivity index (χ2v) is 13.6. The summed E-state index contributed by atoms with van der Waals surface area (Å²) in [7, 11) is 0. The molecule has 232 valence electrons. The smallest absolute Gasteiger partial charge is 0.135 e. The first-order chi connectivity index (χ1) is 24.7. The van der Waals surface area contributed by atoms with E-state index in [-0.39, 0.29) is 0 Å². The molecule has 0 spiro atoms. The monoisotopic (exact) mass is 640 g/mol. The Morgan fingerprint density at radius 2 is 0.540 bits per heavy atom. The molecule has 13 aromatic rings. The van der Waals surface area contributed by atoms with E-state index in [4.69, 9.17) is 8.83 Å². The third kappa shape index (κ3) is 3.05. The van der Waals surface area contributed by atoms with Crippen LogP contribution in [0.15, 0.2) is 155 Å². The molecule has 0 aliphatic rings. The lowest BCUT2D eigenvalue weighted by molar-refractivity contribution is 0.668. The van der Waals surface area contributed by atoms with Gasteiger partial charge >= 0.3 is 0 Å². The summed E-state index contributed by atoms with van der Waals surface area (Å²) in [5.74, 6) is 0. The molecule has 6 nitrogen and oxygen atoms in total. The van der Waals surface area contributed by atoms with Crippen LogP contribution in [0.3, 0.4) is 0 Å². The summed E-state index contributed by atoms with van der Waals surface area (Å²) in [5, 5.41) is 9.12. The highest BCUT2D eigenvalue weighted by atomic mass is 16.3. The van der Waals surface area contributed by atoms with Crippen molar-refractivity contribution in [2.24, 2.45) is 0 Å². The number of nitrogens with zero attached hydrogens (tertiary/aromatic N) is 4. The summed E-state index contributed by atoms with van der Waals surface area (Å²) in [6.45, 7) is 0. The Labute approximate surface area is 281 Å². The summed E-state index contributed by atoms with van der Waals surface area (Å²) in [6, 6.07) is 43.9. The lowest BCUT2D eigenvalue weighted by Gasteiger charge is -2.05. The molecule has 0 unspecified atom stereocenters. The molecule has 0 radical (unpaired) electrons. The molecule has 0 amide bonds. The van der Waals surface area contributed by atoms with Crippen molar-refractivity contribution in [1.29, 1.82) is 0 Å². The predicted octanol–water partition coefficient (Wildman–Crippen LogP) is 11.7. The minimum absolute atomic E-state index is 0.876. The van der Waals surface area contributed by atoms with Gasteiger partial charge in [0, 0.05) is 89.9 Å². The van der Waals surface area contributed by atoms with E-state index in [1.807, 2.05) is 0 Å². The van der Waals surface area contributed by atoms with Crippen LogP contribution < -0.4 is 0 Å². The van der Waals surface area contributed by atoms with Crippen molar-refractivity contribution < 1.29 is 8.83 Å². The van der Waals surface area contributed by atoms with Crippen LogP contribution in [-0.2, 0) is 0 Å². The maximum absolute atomic E-state index is 6.42. The van der Waals surface area contributed by atoms with Crippen LogP contribution in [0.25, 0.3) is 110 Å². The lowest BCUT2D eigenvalue weighted by atomic mass is 10.1. The summed E-state index contributed by atoms with van der Waals surface area (Å²) < 4.78 is 22.1. The molecule has 8 bridgehead atoms. The summed E-state index contributed by atoms with van der Waals surface area (Å²) in [5.41, 5.74) is 12.5. The van der Waals surface area contributed by atoms with Gasteiger partial charge in [-0.3, -0.25) is 0 Å². The summed E-state index contributed by atoms with van der Waals surface area (Å²) in [4.78, 5) is 0. The second-order valence-electron chi connectivity index (χ2n) is 13.6. The highest BCUT2D eigenvalue weighted by molar-refractivity contribution is 6.12. The number of fused-ring (bicyclic) bond motifs is 8. The Balaban J connectivity index is 1.32. The molecule has 0 saturated carbocycles. The van der Waals surface area contributed by atoms with Crippen molar-refractivity contribution in [2.75, 3.05) is 0 Å². The topological polar surface area (TPSA) is 43.9 Å². The molecule has 0 aliphatic carbocycles. The average Bonchev–Trinajstić information content (AvgIpc) is 4.00. The van der Waals surface area contributed by atoms with E-state index in [0.717, 1.165) is 88.0 Å². The van der Waals surface area contributed by atoms with Crippen molar-refractivity contribution in [3.63, 3.8) is 0 Å². The molecule has 0 aliphatic heterocycles. The molecule has 0 N–H and O–H groups in total. The standard InChI is InChI=1S/C44H24N4O2/c1-2-26-14-18-46-30-6-10-38-34(22-30)36-24-32(8-12-40(36)50-38)48-20-16-28-4-3-27-15-19-47(43(27)44(28)48)31-7-11-39-35(23-31)33-21-29(5-9-37(33)49-39)45-17-13-25(1)41(45)42(26)46/h1-24H. The Morgan fingerprint density at radius 3 is 0.800 bits per heavy atom. The fourth-order valence-electron chi connectivity index (χ4n) is 8.66. The normalized spacial score (nSPS) is 12.8. The van der Waals surface area contributed by atoms with E-state index in [2.05, 4.69) is 164 Å². The number of furan rings is 2. The molecule has 13 rings (SSSR count). The fraction of sp³-hybridized carbons (Fsp3) is 0. The van der Waals surface area contributed by atoms with Gasteiger partial charge in [0.2, 0.25) is 0 Å². The molecular formula is C44H24N4O2. The van der Waals surface area contributed by atoms with Crippen molar-refractivity contribution in [2.45, 2.75) is 0 Å². The quantitative estimate of drug-likeness (QED) is 0.166. The first kappa shape index (κ1) is 25.1.